The second-order valence-corrected chi connectivity index (χ2v) is 7.92. The van der Waals surface area contributed by atoms with E-state index in [4.69, 9.17) is 4.74 Å². The molecule has 0 saturated heterocycles. The third-order valence-corrected chi connectivity index (χ3v) is 4.79. The molecule has 1 aromatic rings. The molecule has 2 amide bonds. The Morgan fingerprint density at radius 1 is 1.24 bits per heavy atom. The van der Waals surface area contributed by atoms with Crippen molar-refractivity contribution >= 4 is 17.8 Å². The predicted octanol–water partition coefficient (Wildman–Crippen LogP) is 1.30. The first-order valence-corrected chi connectivity index (χ1v) is 9.99. The van der Waals surface area contributed by atoms with Crippen LogP contribution in [-0.4, -0.2) is 63.0 Å². The van der Waals surface area contributed by atoms with E-state index in [1.54, 1.807) is 14.1 Å². The molecule has 29 heavy (non-hydrogen) atoms. The van der Waals surface area contributed by atoms with E-state index in [1.165, 1.54) is 4.90 Å². The number of hydrogen-bond donors (Lipinski definition) is 3. The zero-order chi connectivity index (χ0) is 21.4. The van der Waals surface area contributed by atoms with Crippen molar-refractivity contribution in [3.05, 3.63) is 29.8 Å². The van der Waals surface area contributed by atoms with Gasteiger partial charge in [0.1, 0.15) is 12.3 Å². The van der Waals surface area contributed by atoms with Crippen molar-refractivity contribution in [2.24, 2.45) is 10.4 Å². The maximum atomic E-state index is 12.3. The third kappa shape index (κ3) is 6.37. The molecule has 0 radical (unpaired) electrons. The average molecular weight is 404 g/mol. The lowest BCUT2D eigenvalue weighted by molar-refractivity contribution is -0.129. The first kappa shape index (κ1) is 22.5. The zero-order valence-corrected chi connectivity index (χ0v) is 18.0. The summed E-state index contributed by atoms with van der Waals surface area (Å²) in [5, 5.41) is 9.50. The van der Waals surface area contributed by atoms with E-state index in [0.717, 1.165) is 17.7 Å². The highest BCUT2D eigenvalue weighted by molar-refractivity contribution is 5.86. The van der Waals surface area contributed by atoms with Crippen molar-refractivity contribution in [2.45, 2.75) is 33.2 Å². The van der Waals surface area contributed by atoms with E-state index in [-0.39, 0.29) is 24.4 Å². The zero-order valence-electron chi connectivity index (χ0n) is 18.0. The Kier molecular flexibility index (Phi) is 7.87. The summed E-state index contributed by atoms with van der Waals surface area (Å²) in [7, 11) is 3.40. The minimum absolute atomic E-state index is 0.00763. The van der Waals surface area contributed by atoms with Gasteiger partial charge in [0.15, 0.2) is 5.96 Å². The molecule has 0 aliphatic carbocycles. The number of hydrogen-bond acceptors (Lipinski definition) is 4. The first-order chi connectivity index (χ1) is 13.7. The molecule has 1 aliphatic heterocycles. The van der Waals surface area contributed by atoms with Crippen molar-refractivity contribution in [3.63, 3.8) is 0 Å². The first-order valence-electron chi connectivity index (χ1n) is 9.99. The van der Waals surface area contributed by atoms with Crippen LogP contribution in [-0.2, 0) is 9.59 Å². The van der Waals surface area contributed by atoms with Gasteiger partial charge in [-0.1, -0.05) is 18.2 Å². The lowest BCUT2D eigenvalue weighted by Gasteiger charge is -2.30. The topological polar surface area (TPSA) is 95.1 Å². The van der Waals surface area contributed by atoms with Crippen LogP contribution in [0.3, 0.4) is 0 Å². The van der Waals surface area contributed by atoms with Gasteiger partial charge >= 0.3 is 0 Å². The van der Waals surface area contributed by atoms with Gasteiger partial charge in [0.05, 0.1) is 18.1 Å². The summed E-state index contributed by atoms with van der Waals surface area (Å²) >= 11 is 0. The summed E-state index contributed by atoms with van der Waals surface area (Å²) < 4.78 is 5.72. The van der Waals surface area contributed by atoms with Crippen LogP contribution in [0, 0.1) is 5.41 Å². The maximum Gasteiger partial charge on any atom is 0.243 e. The third-order valence-electron chi connectivity index (χ3n) is 4.79. The standard InChI is InChI=1S/C21H33N5O3/c1-6-22-19(28)21(2,3)14-24-20(23-13-18(27)26(4)5)25-16-11-12-29-17-10-8-7-9-15(16)17/h7-10,16H,6,11-14H2,1-5H3,(H,22,28)(H2,23,24,25). The fourth-order valence-corrected chi connectivity index (χ4v) is 2.88. The molecule has 0 spiro atoms. The number of likely N-dealkylation sites (N-methyl/N-ethyl adjacent to an activating group) is 1. The fraction of sp³-hybridized carbons (Fsp3) is 0.571. The van der Waals surface area contributed by atoms with Crippen molar-refractivity contribution in [2.75, 3.05) is 40.3 Å². The van der Waals surface area contributed by atoms with Crippen molar-refractivity contribution in [1.82, 2.24) is 20.9 Å². The molecule has 8 nitrogen and oxygen atoms in total. The van der Waals surface area contributed by atoms with Crippen LogP contribution in [0.25, 0.3) is 0 Å². The van der Waals surface area contributed by atoms with Crippen LogP contribution in [0.5, 0.6) is 5.75 Å². The number of rotatable bonds is 7. The molecule has 0 fully saturated rings. The van der Waals surface area contributed by atoms with E-state index in [1.807, 2.05) is 45.0 Å². The summed E-state index contributed by atoms with van der Waals surface area (Å²) in [6.45, 7) is 7.22. The van der Waals surface area contributed by atoms with Crippen LogP contribution < -0.4 is 20.7 Å². The Bertz CT molecular complexity index is 746. The number of ether oxygens (including phenoxy) is 1. The normalized spacial score (nSPS) is 16.3. The monoisotopic (exact) mass is 403 g/mol. The number of carbonyl (C=O) groups excluding carboxylic acids is 2. The van der Waals surface area contributed by atoms with Gasteiger partial charge in [-0.25, -0.2) is 4.99 Å². The Balaban J connectivity index is 2.14. The number of guanidine groups is 1. The number of fused-ring (bicyclic) bond motifs is 1. The number of para-hydroxylation sites is 1. The molecule has 160 valence electrons. The lowest BCUT2D eigenvalue weighted by Crippen LogP contribution is -2.49. The molecule has 0 aromatic heterocycles. The van der Waals surface area contributed by atoms with Crippen LogP contribution >= 0.6 is 0 Å². The molecular formula is C21H33N5O3. The molecule has 1 heterocycles. The quantitative estimate of drug-likeness (QED) is 0.471. The lowest BCUT2D eigenvalue weighted by atomic mass is 9.92. The number of aliphatic imine (C=N–C) groups is 1. The molecule has 8 heteroatoms. The highest BCUT2D eigenvalue weighted by atomic mass is 16.5. The largest absolute Gasteiger partial charge is 0.493 e. The van der Waals surface area contributed by atoms with Crippen LogP contribution in [0.2, 0.25) is 0 Å². The van der Waals surface area contributed by atoms with Gasteiger partial charge in [-0.05, 0) is 26.8 Å². The van der Waals surface area contributed by atoms with Gasteiger partial charge in [0.2, 0.25) is 11.8 Å². The second kappa shape index (κ2) is 10.1. The molecule has 1 unspecified atom stereocenters. The number of carbonyl (C=O) groups is 2. The number of nitrogens with one attached hydrogen (secondary N) is 3. The van der Waals surface area contributed by atoms with Gasteiger partial charge in [-0.2, -0.15) is 0 Å². The van der Waals surface area contributed by atoms with Gasteiger partial charge in [0.25, 0.3) is 0 Å². The summed E-state index contributed by atoms with van der Waals surface area (Å²) in [6.07, 6.45) is 0.777. The molecule has 0 saturated carbocycles. The number of benzene rings is 1. The fourth-order valence-electron chi connectivity index (χ4n) is 2.88. The molecule has 1 atom stereocenters. The van der Waals surface area contributed by atoms with E-state index in [0.29, 0.717) is 25.7 Å². The van der Waals surface area contributed by atoms with E-state index < -0.39 is 5.41 Å². The summed E-state index contributed by atoms with van der Waals surface area (Å²) in [5.41, 5.74) is 0.424. The minimum Gasteiger partial charge on any atom is -0.493 e. The SMILES string of the molecule is CCNC(=O)C(C)(C)CNC(=NCC(=O)N(C)C)NC1CCOc2ccccc21. The van der Waals surface area contributed by atoms with Crippen LogP contribution in [0.4, 0.5) is 0 Å². The maximum absolute atomic E-state index is 12.3. The minimum atomic E-state index is -0.627. The Morgan fingerprint density at radius 3 is 2.66 bits per heavy atom. The highest BCUT2D eigenvalue weighted by Gasteiger charge is 2.28. The van der Waals surface area contributed by atoms with E-state index in [2.05, 4.69) is 20.9 Å². The van der Waals surface area contributed by atoms with Gasteiger partial charge in [-0.3, -0.25) is 9.59 Å². The summed E-state index contributed by atoms with van der Waals surface area (Å²) in [5.74, 6) is 1.22. The van der Waals surface area contributed by atoms with Crippen molar-refractivity contribution in [1.29, 1.82) is 0 Å². The molecular weight excluding hydrogens is 370 g/mol. The van der Waals surface area contributed by atoms with Gasteiger partial charge in [-0.15, -0.1) is 0 Å². The van der Waals surface area contributed by atoms with Crippen molar-refractivity contribution < 1.29 is 14.3 Å². The van der Waals surface area contributed by atoms with Crippen LogP contribution in [0.15, 0.2) is 29.3 Å². The van der Waals surface area contributed by atoms with E-state index in [9.17, 15) is 9.59 Å². The summed E-state index contributed by atoms with van der Waals surface area (Å²) in [4.78, 5) is 30.3. The van der Waals surface area contributed by atoms with Crippen molar-refractivity contribution in [3.8, 4) is 5.75 Å². The molecule has 0 bridgehead atoms. The second-order valence-electron chi connectivity index (χ2n) is 7.92. The molecule has 3 N–H and O–H groups in total. The smallest absolute Gasteiger partial charge is 0.243 e. The molecule has 1 aromatic carbocycles. The number of nitrogens with zero attached hydrogens (tertiary/aromatic N) is 2. The Hall–Kier alpha value is -2.77. The average Bonchev–Trinajstić information content (AvgIpc) is 2.70. The van der Waals surface area contributed by atoms with Crippen LogP contribution in [0.1, 0.15) is 38.8 Å². The van der Waals surface area contributed by atoms with Gasteiger partial charge < -0.3 is 25.6 Å². The number of amides is 2. The van der Waals surface area contributed by atoms with E-state index >= 15 is 0 Å². The van der Waals surface area contributed by atoms with Gasteiger partial charge in [0, 0.05) is 39.2 Å². The highest BCUT2D eigenvalue weighted by Crippen LogP contribution is 2.31. The molecule has 1 aliphatic rings. The predicted molar refractivity (Wildman–Crippen MR) is 114 cm³/mol. The Labute approximate surface area is 173 Å². The molecule has 2 rings (SSSR count). The Morgan fingerprint density at radius 2 is 1.97 bits per heavy atom. The summed E-state index contributed by atoms with van der Waals surface area (Å²) in [6, 6.07) is 7.89.